The molecule has 0 unspecified atom stereocenters. The van der Waals surface area contributed by atoms with Crippen LogP contribution < -0.4 is 0 Å². The van der Waals surface area contributed by atoms with Gasteiger partial charge in [0, 0.05) is 6.42 Å². The normalized spacial score (nSPS) is 10.9. The van der Waals surface area contributed by atoms with Crippen LogP contribution in [0.2, 0.25) is 0 Å². The lowest BCUT2D eigenvalue weighted by atomic mass is 10.1. The van der Waals surface area contributed by atoms with Crippen molar-refractivity contribution >= 4 is 17.7 Å². The number of nitriles is 1. The summed E-state index contributed by atoms with van der Waals surface area (Å²) < 4.78 is 5.25. The van der Waals surface area contributed by atoms with Crippen molar-refractivity contribution in [2.45, 2.75) is 44.2 Å². The third kappa shape index (κ3) is 5.75. The van der Waals surface area contributed by atoms with Crippen molar-refractivity contribution in [3.63, 3.8) is 0 Å². The fourth-order valence-corrected chi connectivity index (χ4v) is 1.96. The van der Waals surface area contributed by atoms with Gasteiger partial charge < -0.3 is 4.74 Å². The van der Waals surface area contributed by atoms with E-state index in [-0.39, 0.29) is 5.97 Å². The van der Waals surface area contributed by atoms with Crippen LogP contribution in [0.4, 0.5) is 0 Å². The van der Waals surface area contributed by atoms with Gasteiger partial charge in [-0.25, -0.2) is 4.98 Å². The van der Waals surface area contributed by atoms with E-state index in [1.807, 2.05) is 39.2 Å². The third-order valence-electron chi connectivity index (χ3n) is 2.22. The van der Waals surface area contributed by atoms with Gasteiger partial charge in [0.1, 0.15) is 17.4 Å². The molecule has 1 aromatic rings. The van der Waals surface area contributed by atoms with Crippen LogP contribution >= 0.6 is 11.8 Å². The first kappa shape index (κ1) is 15.5. The maximum Gasteiger partial charge on any atom is 0.306 e. The molecular formula is C14H18N2O2S. The molecule has 19 heavy (non-hydrogen) atoms. The number of pyridine rings is 1. The van der Waals surface area contributed by atoms with E-state index in [0.717, 1.165) is 10.6 Å². The van der Waals surface area contributed by atoms with Gasteiger partial charge in [0.05, 0.1) is 5.03 Å². The number of hydrogen-bond donors (Lipinski definition) is 0. The molecule has 4 nitrogen and oxygen atoms in total. The molecule has 0 amide bonds. The van der Waals surface area contributed by atoms with Crippen LogP contribution in [-0.4, -0.2) is 22.8 Å². The number of rotatable bonds is 4. The van der Waals surface area contributed by atoms with Crippen molar-refractivity contribution in [2.75, 3.05) is 6.26 Å². The molecule has 0 aliphatic rings. The Bertz CT molecular complexity index is 501. The van der Waals surface area contributed by atoms with Gasteiger partial charge >= 0.3 is 5.97 Å². The fourth-order valence-electron chi connectivity index (χ4n) is 1.50. The van der Waals surface area contributed by atoms with E-state index in [9.17, 15) is 4.79 Å². The van der Waals surface area contributed by atoms with Gasteiger partial charge in [-0.15, -0.1) is 11.8 Å². The number of aryl methyl sites for hydroxylation is 1. The molecule has 0 radical (unpaired) electrons. The lowest BCUT2D eigenvalue weighted by Crippen LogP contribution is -2.24. The van der Waals surface area contributed by atoms with Gasteiger partial charge in [0.15, 0.2) is 0 Å². The van der Waals surface area contributed by atoms with Crippen LogP contribution in [0.3, 0.4) is 0 Å². The number of aromatic nitrogens is 1. The van der Waals surface area contributed by atoms with Gasteiger partial charge in [-0.2, -0.15) is 5.26 Å². The summed E-state index contributed by atoms with van der Waals surface area (Å²) in [6, 6.07) is 5.64. The van der Waals surface area contributed by atoms with Gasteiger partial charge in [-0.05, 0) is 51.1 Å². The Hall–Kier alpha value is -1.54. The zero-order valence-electron chi connectivity index (χ0n) is 11.7. The number of carbonyl (C=O) groups excluding carboxylic acids is 1. The molecule has 1 heterocycles. The molecular weight excluding hydrogens is 260 g/mol. The van der Waals surface area contributed by atoms with Crippen molar-refractivity contribution in [3.8, 4) is 6.07 Å². The highest BCUT2D eigenvalue weighted by Crippen LogP contribution is 2.17. The molecule has 1 rings (SSSR count). The first-order valence-electron chi connectivity index (χ1n) is 6.01. The van der Waals surface area contributed by atoms with E-state index in [1.54, 1.807) is 6.07 Å². The van der Waals surface area contributed by atoms with Crippen molar-refractivity contribution in [1.29, 1.82) is 5.26 Å². The van der Waals surface area contributed by atoms with Gasteiger partial charge in [-0.3, -0.25) is 4.79 Å². The lowest BCUT2D eigenvalue weighted by molar-refractivity contribution is -0.154. The van der Waals surface area contributed by atoms with E-state index < -0.39 is 5.60 Å². The Morgan fingerprint density at radius 3 is 2.68 bits per heavy atom. The zero-order valence-corrected chi connectivity index (χ0v) is 12.5. The average Bonchev–Trinajstić information content (AvgIpc) is 2.33. The maximum absolute atomic E-state index is 11.6. The Kier molecular flexibility index (Phi) is 5.37. The average molecular weight is 278 g/mol. The predicted molar refractivity (Wildman–Crippen MR) is 74.9 cm³/mol. The smallest absolute Gasteiger partial charge is 0.306 e. The van der Waals surface area contributed by atoms with Crippen LogP contribution in [0.25, 0.3) is 0 Å². The monoisotopic (exact) mass is 278 g/mol. The summed E-state index contributed by atoms with van der Waals surface area (Å²) in [4.78, 5) is 15.8. The van der Waals surface area contributed by atoms with Crippen molar-refractivity contribution in [3.05, 3.63) is 23.4 Å². The Morgan fingerprint density at radius 2 is 2.16 bits per heavy atom. The van der Waals surface area contributed by atoms with E-state index >= 15 is 0 Å². The fraction of sp³-hybridized carbons (Fsp3) is 0.500. The van der Waals surface area contributed by atoms with Gasteiger partial charge in [-0.1, -0.05) is 0 Å². The second-order valence-electron chi connectivity index (χ2n) is 5.10. The quantitative estimate of drug-likeness (QED) is 0.626. The van der Waals surface area contributed by atoms with Crippen LogP contribution in [0.5, 0.6) is 0 Å². The molecule has 0 saturated carbocycles. The molecule has 0 aromatic carbocycles. The standard InChI is InChI=1S/C14H18N2O2S/c1-14(2,3)18-13(17)6-5-10-7-11(9-15)16-12(8-10)19-4/h7-8H,5-6H2,1-4H3. The largest absolute Gasteiger partial charge is 0.460 e. The minimum Gasteiger partial charge on any atom is -0.460 e. The maximum atomic E-state index is 11.6. The summed E-state index contributed by atoms with van der Waals surface area (Å²) >= 11 is 1.48. The topological polar surface area (TPSA) is 63.0 Å². The van der Waals surface area contributed by atoms with Gasteiger partial charge in [0.25, 0.3) is 0 Å². The van der Waals surface area contributed by atoms with E-state index in [1.165, 1.54) is 11.8 Å². The summed E-state index contributed by atoms with van der Waals surface area (Å²) in [6.45, 7) is 5.53. The van der Waals surface area contributed by atoms with E-state index in [4.69, 9.17) is 10.00 Å². The molecule has 0 saturated heterocycles. The molecule has 5 heteroatoms. The SMILES string of the molecule is CSc1cc(CCC(=O)OC(C)(C)C)cc(C#N)n1. The number of esters is 1. The van der Waals surface area contributed by atoms with Crippen LogP contribution in [-0.2, 0) is 16.0 Å². The molecule has 102 valence electrons. The second kappa shape index (κ2) is 6.58. The number of thioether (sulfide) groups is 1. The first-order valence-corrected chi connectivity index (χ1v) is 7.23. The number of nitrogens with zero attached hydrogens (tertiary/aromatic N) is 2. The van der Waals surface area contributed by atoms with Crippen LogP contribution in [0, 0.1) is 11.3 Å². The Labute approximate surface area is 118 Å². The summed E-state index contributed by atoms with van der Waals surface area (Å²) in [6.07, 6.45) is 2.76. The minimum absolute atomic E-state index is 0.228. The zero-order chi connectivity index (χ0) is 14.5. The Balaban J connectivity index is 2.68. The van der Waals surface area contributed by atoms with Gasteiger partial charge in [0.2, 0.25) is 0 Å². The summed E-state index contributed by atoms with van der Waals surface area (Å²) in [5.74, 6) is -0.228. The summed E-state index contributed by atoms with van der Waals surface area (Å²) in [7, 11) is 0. The van der Waals surface area contributed by atoms with E-state index in [0.29, 0.717) is 18.5 Å². The molecule has 0 spiro atoms. The molecule has 1 aromatic heterocycles. The van der Waals surface area contributed by atoms with E-state index in [2.05, 4.69) is 4.98 Å². The number of carbonyl (C=O) groups is 1. The Morgan fingerprint density at radius 1 is 1.47 bits per heavy atom. The molecule has 0 aliphatic heterocycles. The molecule has 0 aliphatic carbocycles. The van der Waals surface area contributed by atoms with Crippen molar-refractivity contribution in [1.82, 2.24) is 4.98 Å². The summed E-state index contributed by atoms with van der Waals surface area (Å²) in [5, 5.41) is 9.69. The predicted octanol–water partition coefficient (Wildman–Crippen LogP) is 2.95. The highest BCUT2D eigenvalue weighted by molar-refractivity contribution is 7.98. The number of hydrogen-bond acceptors (Lipinski definition) is 5. The summed E-state index contributed by atoms with van der Waals surface area (Å²) in [5.41, 5.74) is 0.852. The third-order valence-corrected chi connectivity index (χ3v) is 2.85. The van der Waals surface area contributed by atoms with Crippen LogP contribution in [0.15, 0.2) is 17.2 Å². The van der Waals surface area contributed by atoms with Crippen molar-refractivity contribution in [2.24, 2.45) is 0 Å². The molecule has 0 bridgehead atoms. The highest BCUT2D eigenvalue weighted by Gasteiger charge is 2.16. The lowest BCUT2D eigenvalue weighted by Gasteiger charge is -2.19. The highest BCUT2D eigenvalue weighted by atomic mass is 32.2. The number of ether oxygens (including phenoxy) is 1. The van der Waals surface area contributed by atoms with Crippen molar-refractivity contribution < 1.29 is 9.53 Å². The molecule has 0 atom stereocenters. The molecule has 0 N–H and O–H groups in total. The second-order valence-corrected chi connectivity index (χ2v) is 5.93. The van der Waals surface area contributed by atoms with Crippen LogP contribution in [0.1, 0.15) is 38.4 Å². The first-order chi connectivity index (χ1) is 8.84. The molecule has 0 fully saturated rings. The minimum atomic E-state index is -0.461.